The zero-order valence-corrected chi connectivity index (χ0v) is 18.3. The fourth-order valence-corrected chi connectivity index (χ4v) is 4.17. The molecule has 0 aliphatic heterocycles. The lowest BCUT2D eigenvalue weighted by molar-refractivity contribution is -0.274. The molecule has 0 atom stereocenters. The van der Waals surface area contributed by atoms with Crippen LogP contribution >= 0.6 is 11.3 Å². The molecule has 1 aromatic heterocycles. The molecule has 0 radical (unpaired) electrons. The van der Waals surface area contributed by atoms with Gasteiger partial charge in [0, 0.05) is 35.6 Å². The topological polar surface area (TPSA) is 46.6 Å². The van der Waals surface area contributed by atoms with Crippen LogP contribution in [0.2, 0.25) is 0 Å². The van der Waals surface area contributed by atoms with E-state index in [9.17, 15) is 13.2 Å². The van der Waals surface area contributed by atoms with E-state index in [4.69, 9.17) is 9.72 Å². The first-order valence-corrected chi connectivity index (χ1v) is 10.4. The number of methoxy groups -OCH3 is 1. The molecule has 1 heterocycles. The van der Waals surface area contributed by atoms with Crippen molar-refractivity contribution < 1.29 is 22.6 Å². The number of likely N-dealkylation sites (N-methyl/N-ethyl adjacent to an activating group) is 2. The molecule has 0 aliphatic carbocycles. The zero-order chi connectivity index (χ0) is 22.4. The molecular formula is C22H24F3N3O2S. The molecule has 0 bridgehead atoms. The second-order valence-corrected chi connectivity index (χ2v) is 8.02. The largest absolute Gasteiger partial charge is 0.573 e. The van der Waals surface area contributed by atoms with Crippen LogP contribution in [0.3, 0.4) is 0 Å². The van der Waals surface area contributed by atoms with Crippen molar-refractivity contribution in [1.82, 2.24) is 15.2 Å². The highest BCUT2D eigenvalue weighted by atomic mass is 32.1. The summed E-state index contributed by atoms with van der Waals surface area (Å²) in [4.78, 5) is 8.08. The van der Waals surface area contributed by atoms with Gasteiger partial charge in [0.15, 0.2) is 0 Å². The Morgan fingerprint density at radius 3 is 2.45 bits per heavy atom. The molecule has 3 rings (SSSR count). The number of hydrogen-bond acceptors (Lipinski definition) is 6. The van der Waals surface area contributed by atoms with Crippen molar-refractivity contribution >= 4 is 11.3 Å². The van der Waals surface area contributed by atoms with E-state index in [1.165, 1.54) is 23.5 Å². The monoisotopic (exact) mass is 451 g/mol. The molecular weight excluding hydrogens is 427 g/mol. The van der Waals surface area contributed by atoms with Crippen molar-refractivity contribution in [3.8, 4) is 33.3 Å². The lowest BCUT2D eigenvalue weighted by Gasteiger charge is -2.16. The van der Waals surface area contributed by atoms with Crippen molar-refractivity contribution in [3.63, 3.8) is 0 Å². The first-order valence-electron chi connectivity index (χ1n) is 9.62. The van der Waals surface area contributed by atoms with Gasteiger partial charge in [0.1, 0.15) is 16.5 Å². The molecule has 31 heavy (non-hydrogen) atoms. The summed E-state index contributed by atoms with van der Waals surface area (Å²) in [6, 6.07) is 13.4. The Balaban J connectivity index is 1.94. The Morgan fingerprint density at radius 1 is 1.06 bits per heavy atom. The smallest absolute Gasteiger partial charge is 0.497 e. The SMILES string of the molecule is CNCCN(C)Cc1sc(-c2ccc(OC(F)(F)F)cc2)nc1-c1cccc(OC)c1. The predicted molar refractivity (Wildman–Crippen MR) is 116 cm³/mol. The van der Waals surface area contributed by atoms with E-state index in [1.807, 2.05) is 38.4 Å². The van der Waals surface area contributed by atoms with Gasteiger partial charge in [-0.3, -0.25) is 4.90 Å². The third kappa shape index (κ3) is 6.43. The van der Waals surface area contributed by atoms with Crippen molar-refractivity contribution in [1.29, 1.82) is 0 Å². The number of ether oxygens (including phenoxy) is 2. The van der Waals surface area contributed by atoms with Crippen LogP contribution in [-0.4, -0.2) is 50.5 Å². The molecule has 9 heteroatoms. The van der Waals surface area contributed by atoms with Gasteiger partial charge in [-0.25, -0.2) is 4.98 Å². The van der Waals surface area contributed by atoms with Crippen LogP contribution in [0.25, 0.3) is 21.8 Å². The number of benzene rings is 2. The molecule has 0 spiro atoms. The van der Waals surface area contributed by atoms with Gasteiger partial charge in [0.25, 0.3) is 0 Å². The minimum absolute atomic E-state index is 0.257. The number of aromatic nitrogens is 1. The van der Waals surface area contributed by atoms with Crippen LogP contribution in [0.4, 0.5) is 13.2 Å². The van der Waals surface area contributed by atoms with Crippen molar-refractivity contribution in [2.24, 2.45) is 0 Å². The summed E-state index contributed by atoms with van der Waals surface area (Å²) in [5.41, 5.74) is 2.49. The first-order chi connectivity index (χ1) is 14.8. The zero-order valence-electron chi connectivity index (χ0n) is 17.5. The van der Waals surface area contributed by atoms with E-state index in [2.05, 4.69) is 15.0 Å². The van der Waals surface area contributed by atoms with Crippen LogP contribution in [0.1, 0.15) is 4.88 Å². The fraction of sp³-hybridized carbons (Fsp3) is 0.318. The number of rotatable bonds is 9. The van der Waals surface area contributed by atoms with Gasteiger partial charge in [-0.2, -0.15) is 0 Å². The number of halogens is 3. The van der Waals surface area contributed by atoms with Gasteiger partial charge in [-0.15, -0.1) is 24.5 Å². The van der Waals surface area contributed by atoms with Crippen LogP contribution in [-0.2, 0) is 6.54 Å². The summed E-state index contributed by atoms with van der Waals surface area (Å²) in [5.74, 6) is 0.475. The number of nitrogens with one attached hydrogen (secondary N) is 1. The number of nitrogens with zero attached hydrogens (tertiary/aromatic N) is 2. The second-order valence-electron chi connectivity index (χ2n) is 6.94. The molecule has 0 unspecified atom stereocenters. The highest BCUT2D eigenvalue weighted by Gasteiger charge is 2.31. The Morgan fingerprint density at radius 2 is 1.81 bits per heavy atom. The number of thiazole rings is 1. The van der Waals surface area contributed by atoms with Gasteiger partial charge in [-0.1, -0.05) is 12.1 Å². The summed E-state index contributed by atoms with van der Waals surface area (Å²) in [5, 5.41) is 3.87. The lowest BCUT2D eigenvalue weighted by Crippen LogP contribution is -2.26. The average Bonchev–Trinajstić information content (AvgIpc) is 3.15. The van der Waals surface area contributed by atoms with Gasteiger partial charge in [-0.05, 0) is 50.5 Å². The van der Waals surface area contributed by atoms with E-state index in [-0.39, 0.29) is 5.75 Å². The summed E-state index contributed by atoms with van der Waals surface area (Å²) in [6.07, 6.45) is -4.71. The number of hydrogen-bond donors (Lipinski definition) is 1. The average molecular weight is 452 g/mol. The molecule has 166 valence electrons. The normalized spacial score (nSPS) is 11.7. The quantitative estimate of drug-likeness (QED) is 0.494. The molecule has 0 aliphatic rings. The van der Waals surface area contributed by atoms with E-state index < -0.39 is 6.36 Å². The van der Waals surface area contributed by atoms with Gasteiger partial charge in [0.05, 0.1) is 12.8 Å². The third-order valence-electron chi connectivity index (χ3n) is 4.53. The molecule has 0 saturated carbocycles. The lowest BCUT2D eigenvalue weighted by atomic mass is 10.1. The van der Waals surface area contributed by atoms with Crippen LogP contribution in [0.5, 0.6) is 11.5 Å². The van der Waals surface area contributed by atoms with Gasteiger partial charge in [0.2, 0.25) is 0 Å². The molecule has 0 amide bonds. The predicted octanol–water partition coefficient (Wildman–Crippen LogP) is 5.04. The Kier molecular flexibility index (Phi) is 7.53. The highest BCUT2D eigenvalue weighted by molar-refractivity contribution is 7.15. The Bertz CT molecular complexity index is 990. The minimum Gasteiger partial charge on any atom is -0.497 e. The fourth-order valence-electron chi connectivity index (χ4n) is 3.00. The Hall–Kier alpha value is -2.62. The molecule has 1 N–H and O–H groups in total. The maximum atomic E-state index is 12.4. The van der Waals surface area contributed by atoms with Crippen molar-refractivity contribution in [2.45, 2.75) is 12.9 Å². The molecule has 5 nitrogen and oxygen atoms in total. The highest BCUT2D eigenvalue weighted by Crippen LogP contribution is 2.36. The van der Waals surface area contributed by atoms with Crippen molar-refractivity contribution in [2.75, 3.05) is 34.3 Å². The Labute approximate surface area is 183 Å². The van der Waals surface area contributed by atoms with E-state index in [1.54, 1.807) is 19.2 Å². The third-order valence-corrected chi connectivity index (χ3v) is 5.62. The van der Waals surface area contributed by atoms with Gasteiger partial charge >= 0.3 is 6.36 Å². The van der Waals surface area contributed by atoms with Crippen LogP contribution in [0.15, 0.2) is 48.5 Å². The second kappa shape index (κ2) is 10.1. The van der Waals surface area contributed by atoms with E-state index in [0.717, 1.165) is 45.5 Å². The summed E-state index contributed by atoms with van der Waals surface area (Å²) in [7, 11) is 5.56. The molecule has 0 saturated heterocycles. The summed E-state index contributed by atoms with van der Waals surface area (Å²) < 4.78 is 46.6. The van der Waals surface area contributed by atoms with Crippen LogP contribution < -0.4 is 14.8 Å². The first kappa shape index (κ1) is 23.1. The van der Waals surface area contributed by atoms with E-state index in [0.29, 0.717) is 6.54 Å². The minimum atomic E-state index is -4.71. The van der Waals surface area contributed by atoms with E-state index >= 15 is 0 Å². The maximum absolute atomic E-state index is 12.4. The molecule has 3 aromatic rings. The summed E-state index contributed by atoms with van der Waals surface area (Å²) in [6.45, 7) is 2.42. The van der Waals surface area contributed by atoms with Crippen molar-refractivity contribution in [3.05, 3.63) is 53.4 Å². The maximum Gasteiger partial charge on any atom is 0.573 e. The van der Waals surface area contributed by atoms with Crippen LogP contribution in [0, 0.1) is 0 Å². The summed E-state index contributed by atoms with van der Waals surface area (Å²) >= 11 is 1.52. The molecule has 2 aromatic carbocycles. The van der Waals surface area contributed by atoms with Gasteiger partial charge < -0.3 is 14.8 Å². The standard InChI is InChI=1S/C22H24F3N3O2S/c1-26-11-12-28(2)14-19-20(16-5-4-6-18(13-16)29-3)27-21(31-19)15-7-9-17(10-8-15)30-22(23,24)25/h4-10,13,26H,11-12,14H2,1-3H3. The molecule has 0 fully saturated rings. The number of alkyl halides is 3.